The molecule has 3 N–H and O–H groups in total. The number of hydrogen-bond donors (Lipinski definition) is 2. The lowest BCUT2D eigenvalue weighted by Crippen LogP contribution is -2.12. The van der Waals surface area contributed by atoms with Crippen molar-refractivity contribution in [2.75, 3.05) is 7.11 Å². The topological polar surface area (TPSA) is 77.3 Å². The minimum absolute atomic E-state index is 0.364. The molecule has 0 unspecified atom stereocenters. The first-order chi connectivity index (χ1) is 8.76. The summed E-state index contributed by atoms with van der Waals surface area (Å²) < 4.78 is 5.27. The van der Waals surface area contributed by atoms with Crippen LogP contribution >= 0.6 is 0 Å². The molecule has 2 aromatic rings. The Morgan fingerprint density at radius 3 is 2.78 bits per heavy atom. The summed E-state index contributed by atoms with van der Waals surface area (Å²) >= 11 is 0. The maximum atomic E-state index is 11.4. The van der Waals surface area contributed by atoms with Gasteiger partial charge in [-0.25, -0.2) is 4.79 Å². The summed E-state index contributed by atoms with van der Waals surface area (Å²) in [5, 5.41) is 0. The van der Waals surface area contributed by atoms with Gasteiger partial charge < -0.3 is 14.6 Å². The highest BCUT2D eigenvalue weighted by Crippen LogP contribution is 2.22. The molecule has 1 heterocycles. The fourth-order valence-electron chi connectivity index (χ4n) is 1.85. The predicted octanol–water partition coefficient (Wildman–Crippen LogP) is 1.64. The highest BCUT2D eigenvalue weighted by molar-refractivity contribution is 5.89. The smallest absolute Gasteiger partial charge is 0.373 e. The molecule has 0 bridgehead atoms. The molecule has 0 atom stereocenters. The Kier molecular flexibility index (Phi) is 3.64. The van der Waals surface area contributed by atoms with Crippen molar-refractivity contribution >= 4 is 5.97 Å². The highest BCUT2D eigenvalue weighted by Gasteiger charge is 2.15. The van der Waals surface area contributed by atoms with Gasteiger partial charge in [0, 0.05) is 12.6 Å². The van der Waals surface area contributed by atoms with Crippen LogP contribution < -0.4 is 10.6 Å². The number of aromatic nitrogens is 1. The molecule has 0 aliphatic carbocycles. The van der Waals surface area contributed by atoms with Gasteiger partial charge in [-0.15, -0.1) is 0 Å². The molecule has 1 aromatic carbocycles. The number of hydrogen-bond acceptors (Lipinski definition) is 4. The van der Waals surface area contributed by atoms with Crippen molar-refractivity contribution in [2.45, 2.75) is 6.42 Å². The van der Waals surface area contributed by atoms with Crippen LogP contribution in [0.3, 0.4) is 0 Å². The average molecular weight is 246 g/mol. The highest BCUT2D eigenvalue weighted by atomic mass is 16.7. The molecule has 0 aliphatic rings. The number of carbonyl (C=O) groups is 1. The van der Waals surface area contributed by atoms with E-state index < -0.39 is 5.97 Å². The van der Waals surface area contributed by atoms with Crippen molar-refractivity contribution < 1.29 is 14.4 Å². The number of carbonyl (C=O) groups excluding carboxylic acids is 1. The summed E-state index contributed by atoms with van der Waals surface area (Å²) in [5.41, 5.74) is 2.17. The number of H-pyrrole nitrogens is 1. The number of rotatable bonds is 4. The van der Waals surface area contributed by atoms with E-state index in [1.807, 2.05) is 30.3 Å². The van der Waals surface area contributed by atoms with Gasteiger partial charge in [0.25, 0.3) is 0 Å². The van der Waals surface area contributed by atoms with Crippen molar-refractivity contribution in [3.05, 3.63) is 53.3 Å². The molecule has 5 heteroatoms. The molecule has 94 valence electrons. The second-order valence-electron chi connectivity index (χ2n) is 3.77. The van der Waals surface area contributed by atoms with Crippen LogP contribution in [0.25, 0.3) is 0 Å². The first kappa shape index (κ1) is 12.2. The zero-order valence-corrected chi connectivity index (χ0v) is 9.97. The third kappa shape index (κ3) is 2.36. The predicted molar refractivity (Wildman–Crippen MR) is 66.2 cm³/mol. The van der Waals surface area contributed by atoms with Crippen LogP contribution in [0.4, 0.5) is 0 Å². The lowest BCUT2D eigenvalue weighted by molar-refractivity contribution is 0.0496. The average Bonchev–Trinajstić information content (AvgIpc) is 2.86. The second kappa shape index (κ2) is 5.37. The molecule has 0 fully saturated rings. The zero-order valence-electron chi connectivity index (χ0n) is 9.97. The quantitative estimate of drug-likeness (QED) is 0.804. The van der Waals surface area contributed by atoms with E-state index in [-0.39, 0.29) is 0 Å². The summed E-state index contributed by atoms with van der Waals surface area (Å²) in [7, 11) is 1.62. The minimum Gasteiger partial charge on any atom is -0.496 e. The van der Waals surface area contributed by atoms with Gasteiger partial charge >= 0.3 is 5.97 Å². The van der Waals surface area contributed by atoms with E-state index in [0.29, 0.717) is 12.1 Å². The fourth-order valence-corrected chi connectivity index (χ4v) is 1.85. The van der Waals surface area contributed by atoms with Crippen LogP contribution in [0.1, 0.15) is 21.6 Å². The van der Waals surface area contributed by atoms with Crippen molar-refractivity contribution in [1.29, 1.82) is 0 Å². The van der Waals surface area contributed by atoms with Crippen LogP contribution in [-0.2, 0) is 11.3 Å². The molecule has 0 saturated carbocycles. The van der Waals surface area contributed by atoms with E-state index in [4.69, 9.17) is 10.6 Å². The third-order valence-electron chi connectivity index (χ3n) is 2.72. The molecule has 0 saturated heterocycles. The monoisotopic (exact) mass is 246 g/mol. The lowest BCUT2D eigenvalue weighted by Gasteiger charge is -2.08. The van der Waals surface area contributed by atoms with Gasteiger partial charge in [0.15, 0.2) is 0 Å². The van der Waals surface area contributed by atoms with Gasteiger partial charge in [-0.2, -0.15) is 5.90 Å². The number of methoxy groups -OCH3 is 1. The molecule has 0 amide bonds. The minimum atomic E-state index is -0.579. The van der Waals surface area contributed by atoms with Crippen LogP contribution in [0.5, 0.6) is 5.75 Å². The van der Waals surface area contributed by atoms with Crippen LogP contribution in [0, 0.1) is 0 Å². The van der Waals surface area contributed by atoms with Crippen molar-refractivity contribution in [3.63, 3.8) is 0 Å². The Balaban J connectivity index is 2.29. The maximum absolute atomic E-state index is 11.4. The molecule has 0 radical (unpaired) electrons. The van der Waals surface area contributed by atoms with Crippen molar-refractivity contribution in [1.82, 2.24) is 4.98 Å². The van der Waals surface area contributed by atoms with E-state index in [2.05, 4.69) is 9.82 Å². The van der Waals surface area contributed by atoms with E-state index in [1.54, 1.807) is 13.3 Å². The van der Waals surface area contributed by atoms with E-state index >= 15 is 0 Å². The summed E-state index contributed by atoms with van der Waals surface area (Å²) in [6.45, 7) is 0. The Morgan fingerprint density at radius 2 is 2.06 bits per heavy atom. The van der Waals surface area contributed by atoms with Gasteiger partial charge in [0.2, 0.25) is 0 Å². The molecule has 18 heavy (non-hydrogen) atoms. The molecular formula is C13H14N2O3. The molecule has 0 spiro atoms. The molecule has 2 rings (SSSR count). The Labute approximate surface area is 104 Å². The van der Waals surface area contributed by atoms with E-state index in [1.165, 1.54) is 0 Å². The number of benzene rings is 1. The molecular weight excluding hydrogens is 232 g/mol. The van der Waals surface area contributed by atoms with E-state index in [0.717, 1.165) is 16.9 Å². The molecule has 0 aliphatic heterocycles. The van der Waals surface area contributed by atoms with Crippen LogP contribution in [-0.4, -0.2) is 18.1 Å². The normalized spacial score (nSPS) is 10.1. The summed E-state index contributed by atoms with van der Waals surface area (Å²) in [5.74, 6) is 5.09. The van der Waals surface area contributed by atoms with Crippen molar-refractivity contribution in [3.8, 4) is 5.75 Å². The Bertz CT molecular complexity index is 549. The van der Waals surface area contributed by atoms with Gasteiger partial charge in [-0.1, -0.05) is 18.2 Å². The van der Waals surface area contributed by atoms with Crippen molar-refractivity contribution in [2.24, 2.45) is 5.90 Å². The number of nitrogens with one attached hydrogen (secondary N) is 1. The summed E-state index contributed by atoms with van der Waals surface area (Å²) in [6.07, 6.45) is 2.24. The second-order valence-corrected chi connectivity index (χ2v) is 3.77. The SMILES string of the molecule is COc1ccccc1Cc1cc[nH]c1C(=O)ON. The van der Waals surface area contributed by atoms with Gasteiger partial charge in [-0.05, 0) is 23.3 Å². The van der Waals surface area contributed by atoms with E-state index in [9.17, 15) is 4.79 Å². The summed E-state index contributed by atoms with van der Waals surface area (Å²) in [4.78, 5) is 18.5. The largest absolute Gasteiger partial charge is 0.496 e. The Morgan fingerprint density at radius 1 is 1.28 bits per heavy atom. The lowest BCUT2D eigenvalue weighted by atomic mass is 10.0. The zero-order chi connectivity index (χ0) is 13.0. The van der Waals surface area contributed by atoms with Crippen LogP contribution in [0.15, 0.2) is 36.5 Å². The third-order valence-corrected chi connectivity index (χ3v) is 2.72. The maximum Gasteiger partial charge on any atom is 0.373 e. The summed E-state index contributed by atoms with van der Waals surface area (Å²) in [6, 6.07) is 9.46. The van der Waals surface area contributed by atoms with Gasteiger partial charge in [-0.3, -0.25) is 0 Å². The van der Waals surface area contributed by atoms with Gasteiger partial charge in [0.1, 0.15) is 11.4 Å². The fraction of sp³-hybridized carbons (Fsp3) is 0.154. The Hall–Kier alpha value is -2.27. The van der Waals surface area contributed by atoms with Crippen LogP contribution in [0.2, 0.25) is 0 Å². The number of aromatic amines is 1. The van der Waals surface area contributed by atoms with Gasteiger partial charge in [0.05, 0.1) is 7.11 Å². The number of para-hydroxylation sites is 1. The number of ether oxygens (including phenoxy) is 1. The first-order valence-corrected chi connectivity index (χ1v) is 5.45. The standard InChI is InChI=1S/C13H14N2O3/c1-17-11-5-3-2-4-9(11)8-10-6-7-15-12(10)13(16)18-14/h2-7,15H,8,14H2,1H3. The molecule has 1 aromatic heterocycles. The first-order valence-electron chi connectivity index (χ1n) is 5.45. The number of nitrogens with two attached hydrogens (primary N) is 1. The molecule has 5 nitrogen and oxygen atoms in total.